The smallest absolute Gasteiger partial charge is 0.134 e. The standard InChI is InChI=1S/C19H21NO/c1-13-8-9-14(2)15(10-13)11-18(20-3)17-12-21-19-7-5-4-6-16(17)19/h4-10,12,18,20H,11H2,1-3H3. The maximum Gasteiger partial charge on any atom is 0.134 e. The summed E-state index contributed by atoms with van der Waals surface area (Å²) in [6.07, 6.45) is 2.85. The Hall–Kier alpha value is -2.06. The molecule has 0 saturated carbocycles. The summed E-state index contributed by atoms with van der Waals surface area (Å²) in [6, 6.07) is 15.1. The summed E-state index contributed by atoms with van der Waals surface area (Å²) in [6.45, 7) is 4.32. The Bertz CT molecular complexity index is 757. The molecule has 0 fully saturated rings. The van der Waals surface area contributed by atoms with E-state index in [-0.39, 0.29) is 6.04 Å². The molecule has 0 amide bonds. The van der Waals surface area contributed by atoms with E-state index in [9.17, 15) is 0 Å². The first kappa shape index (κ1) is 13.9. The lowest BCUT2D eigenvalue weighted by atomic mass is 9.95. The Morgan fingerprint density at radius 3 is 2.71 bits per heavy atom. The summed E-state index contributed by atoms with van der Waals surface area (Å²) in [4.78, 5) is 0. The van der Waals surface area contributed by atoms with Crippen molar-refractivity contribution in [3.8, 4) is 0 Å². The highest BCUT2D eigenvalue weighted by molar-refractivity contribution is 5.81. The normalized spacial score (nSPS) is 12.7. The second-order valence-corrected chi connectivity index (χ2v) is 5.66. The van der Waals surface area contributed by atoms with E-state index in [0.717, 1.165) is 12.0 Å². The van der Waals surface area contributed by atoms with Crippen LogP contribution in [0.1, 0.15) is 28.3 Å². The van der Waals surface area contributed by atoms with Crippen LogP contribution in [0.4, 0.5) is 0 Å². The topological polar surface area (TPSA) is 25.2 Å². The summed E-state index contributed by atoms with van der Waals surface area (Å²) in [5, 5.41) is 4.63. The minimum Gasteiger partial charge on any atom is -0.464 e. The minimum absolute atomic E-state index is 0.258. The number of para-hydroxylation sites is 1. The number of rotatable bonds is 4. The van der Waals surface area contributed by atoms with Gasteiger partial charge in [0.15, 0.2) is 0 Å². The van der Waals surface area contributed by atoms with Crippen LogP contribution < -0.4 is 5.32 Å². The third-order valence-electron chi connectivity index (χ3n) is 4.16. The summed E-state index contributed by atoms with van der Waals surface area (Å²) >= 11 is 0. The molecule has 0 bridgehead atoms. The Morgan fingerprint density at radius 2 is 1.90 bits per heavy atom. The number of aryl methyl sites for hydroxylation is 2. The molecule has 3 aromatic rings. The number of hydrogen-bond acceptors (Lipinski definition) is 2. The Kier molecular flexibility index (Phi) is 3.80. The third-order valence-corrected chi connectivity index (χ3v) is 4.16. The van der Waals surface area contributed by atoms with Crippen LogP contribution in [0.25, 0.3) is 11.0 Å². The molecule has 108 valence electrons. The van der Waals surface area contributed by atoms with Gasteiger partial charge in [0.25, 0.3) is 0 Å². The molecule has 1 aromatic heterocycles. The zero-order valence-corrected chi connectivity index (χ0v) is 12.8. The Balaban J connectivity index is 1.97. The van der Waals surface area contributed by atoms with Crippen LogP contribution >= 0.6 is 0 Å². The van der Waals surface area contributed by atoms with E-state index in [2.05, 4.69) is 49.5 Å². The van der Waals surface area contributed by atoms with Gasteiger partial charge in [-0.05, 0) is 44.5 Å². The van der Waals surface area contributed by atoms with Crippen molar-refractivity contribution >= 4 is 11.0 Å². The molecule has 2 nitrogen and oxygen atoms in total. The quantitative estimate of drug-likeness (QED) is 0.757. The van der Waals surface area contributed by atoms with E-state index in [0.29, 0.717) is 0 Å². The van der Waals surface area contributed by atoms with Gasteiger partial charge in [-0.3, -0.25) is 0 Å². The fraction of sp³-hybridized carbons (Fsp3) is 0.263. The van der Waals surface area contributed by atoms with Crippen LogP contribution in [-0.4, -0.2) is 7.05 Å². The van der Waals surface area contributed by atoms with Gasteiger partial charge in [0, 0.05) is 17.0 Å². The van der Waals surface area contributed by atoms with Gasteiger partial charge >= 0.3 is 0 Å². The number of benzene rings is 2. The number of hydrogen-bond donors (Lipinski definition) is 1. The molecule has 2 aromatic carbocycles. The number of nitrogens with one attached hydrogen (secondary N) is 1. The molecule has 0 aliphatic heterocycles. The summed E-state index contributed by atoms with van der Waals surface area (Å²) in [5.74, 6) is 0. The van der Waals surface area contributed by atoms with Gasteiger partial charge in [0.1, 0.15) is 5.58 Å². The van der Waals surface area contributed by atoms with Gasteiger partial charge in [-0.2, -0.15) is 0 Å². The van der Waals surface area contributed by atoms with Crippen molar-refractivity contribution in [2.24, 2.45) is 0 Å². The van der Waals surface area contributed by atoms with Crippen molar-refractivity contribution in [3.63, 3.8) is 0 Å². The van der Waals surface area contributed by atoms with Gasteiger partial charge in [-0.1, -0.05) is 42.0 Å². The number of furan rings is 1. The largest absolute Gasteiger partial charge is 0.464 e. The lowest BCUT2D eigenvalue weighted by molar-refractivity contribution is 0.562. The van der Waals surface area contributed by atoms with Crippen molar-refractivity contribution in [3.05, 3.63) is 71.0 Å². The lowest BCUT2D eigenvalue weighted by Crippen LogP contribution is -2.19. The summed E-state index contributed by atoms with van der Waals surface area (Å²) < 4.78 is 5.68. The molecular weight excluding hydrogens is 258 g/mol. The highest BCUT2D eigenvalue weighted by Crippen LogP contribution is 2.29. The second kappa shape index (κ2) is 5.74. The van der Waals surface area contributed by atoms with Gasteiger partial charge in [-0.15, -0.1) is 0 Å². The fourth-order valence-corrected chi connectivity index (χ4v) is 2.88. The molecule has 3 rings (SSSR count). The zero-order chi connectivity index (χ0) is 14.8. The molecule has 0 aliphatic carbocycles. The van der Waals surface area contributed by atoms with E-state index >= 15 is 0 Å². The van der Waals surface area contributed by atoms with E-state index in [4.69, 9.17) is 4.42 Å². The zero-order valence-electron chi connectivity index (χ0n) is 12.8. The van der Waals surface area contributed by atoms with E-state index in [1.165, 1.54) is 27.6 Å². The average Bonchev–Trinajstić information content (AvgIpc) is 2.92. The van der Waals surface area contributed by atoms with Crippen molar-refractivity contribution in [2.75, 3.05) is 7.05 Å². The van der Waals surface area contributed by atoms with Gasteiger partial charge in [-0.25, -0.2) is 0 Å². The molecule has 21 heavy (non-hydrogen) atoms. The van der Waals surface area contributed by atoms with Crippen molar-refractivity contribution in [1.29, 1.82) is 0 Å². The van der Waals surface area contributed by atoms with Crippen LogP contribution in [0, 0.1) is 13.8 Å². The van der Waals surface area contributed by atoms with Crippen LogP contribution in [0.15, 0.2) is 53.1 Å². The number of likely N-dealkylation sites (N-methyl/N-ethyl adjacent to an activating group) is 1. The fourth-order valence-electron chi connectivity index (χ4n) is 2.88. The minimum atomic E-state index is 0.258. The van der Waals surface area contributed by atoms with E-state index < -0.39 is 0 Å². The molecule has 1 N–H and O–H groups in total. The molecular formula is C19H21NO. The first-order valence-electron chi connectivity index (χ1n) is 7.38. The van der Waals surface area contributed by atoms with E-state index in [1.807, 2.05) is 25.4 Å². The van der Waals surface area contributed by atoms with Gasteiger partial charge < -0.3 is 9.73 Å². The first-order chi connectivity index (χ1) is 10.2. The molecule has 1 atom stereocenters. The SMILES string of the molecule is CNC(Cc1cc(C)ccc1C)c1coc2ccccc12. The first-order valence-corrected chi connectivity index (χ1v) is 7.38. The summed E-state index contributed by atoms with van der Waals surface area (Å²) in [5.41, 5.74) is 6.22. The van der Waals surface area contributed by atoms with Gasteiger partial charge in [0.2, 0.25) is 0 Å². The van der Waals surface area contributed by atoms with Crippen molar-refractivity contribution in [2.45, 2.75) is 26.3 Å². The Morgan fingerprint density at radius 1 is 1.10 bits per heavy atom. The molecule has 0 spiro atoms. The van der Waals surface area contributed by atoms with Gasteiger partial charge in [0.05, 0.1) is 6.26 Å². The maximum atomic E-state index is 5.68. The third kappa shape index (κ3) is 2.72. The van der Waals surface area contributed by atoms with Crippen molar-refractivity contribution in [1.82, 2.24) is 5.32 Å². The number of fused-ring (bicyclic) bond motifs is 1. The summed E-state index contributed by atoms with van der Waals surface area (Å²) in [7, 11) is 2.01. The molecule has 1 unspecified atom stereocenters. The molecule has 1 heterocycles. The van der Waals surface area contributed by atoms with Crippen LogP contribution in [0.5, 0.6) is 0 Å². The van der Waals surface area contributed by atoms with Crippen LogP contribution in [0.2, 0.25) is 0 Å². The van der Waals surface area contributed by atoms with Crippen LogP contribution in [0.3, 0.4) is 0 Å². The molecule has 0 radical (unpaired) electrons. The molecule has 0 saturated heterocycles. The highest BCUT2D eigenvalue weighted by Gasteiger charge is 2.16. The predicted molar refractivity (Wildman–Crippen MR) is 87.6 cm³/mol. The van der Waals surface area contributed by atoms with Crippen molar-refractivity contribution < 1.29 is 4.42 Å². The van der Waals surface area contributed by atoms with E-state index in [1.54, 1.807) is 0 Å². The molecule has 2 heteroatoms. The monoisotopic (exact) mass is 279 g/mol. The van der Waals surface area contributed by atoms with Crippen LogP contribution in [-0.2, 0) is 6.42 Å². The highest BCUT2D eigenvalue weighted by atomic mass is 16.3. The second-order valence-electron chi connectivity index (χ2n) is 5.66. The molecule has 0 aliphatic rings. The maximum absolute atomic E-state index is 5.68. The average molecular weight is 279 g/mol. The lowest BCUT2D eigenvalue weighted by Gasteiger charge is -2.17. The predicted octanol–water partition coefficient (Wildman–Crippen LogP) is 4.55. The Labute approximate surface area is 125 Å².